The summed E-state index contributed by atoms with van der Waals surface area (Å²) >= 11 is 0. The van der Waals surface area contributed by atoms with Crippen LogP contribution in [0.5, 0.6) is 0 Å². The highest BCUT2D eigenvalue weighted by Crippen LogP contribution is 2.39. The molecule has 0 amide bonds. The minimum absolute atomic E-state index is 0.628. The molecule has 22 heavy (non-hydrogen) atoms. The van der Waals surface area contributed by atoms with Crippen molar-refractivity contribution in [1.29, 1.82) is 0 Å². The maximum atomic E-state index is 4.55. The third kappa shape index (κ3) is 2.47. The molecule has 1 saturated carbocycles. The van der Waals surface area contributed by atoms with E-state index in [0.717, 1.165) is 29.5 Å². The van der Waals surface area contributed by atoms with Gasteiger partial charge in [-0.2, -0.15) is 0 Å². The fraction of sp³-hybridized carbons (Fsp3) is 0.500. The monoisotopic (exact) mass is 294 g/mol. The summed E-state index contributed by atoms with van der Waals surface area (Å²) in [5.41, 5.74) is 2.10. The molecule has 2 aliphatic rings. The van der Waals surface area contributed by atoms with E-state index in [1.165, 1.54) is 38.5 Å². The van der Waals surface area contributed by atoms with E-state index in [4.69, 9.17) is 0 Å². The first-order chi connectivity index (χ1) is 10.9. The van der Waals surface area contributed by atoms with Gasteiger partial charge in [-0.25, -0.2) is 4.98 Å². The molecule has 2 aromatic rings. The van der Waals surface area contributed by atoms with Gasteiger partial charge in [-0.3, -0.25) is 0 Å². The molecule has 114 valence electrons. The third-order valence-corrected chi connectivity index (χ3v) is 5.17. The van der Waals surface area contributed by atoms with Gasteiger partial charge >= 0.3 is 0 Å². The summed E-state index contributed by atoms with van der Waals surface area (Å²) in [6.45, 7) is 1.08. The second-order valence-corrected chi connectivity index (χ2v) is 6.45. The molecule has 2 atom stereocenters. The first-order valence-electron chi connectivity index (χ1n) is 8.43. The first kappa shape index (κ1) is 13.7. The van der Waals surface area contributed by atoms with E-state index < -0.39 is 0 Å². The van der Waals surface area contributed by atoms with Crippen LogP contribution in [0.25, 0.3) is 11.3 Å². The Morgan fingerprint density at radius 1 is 0.955 bits per heavy atom. The Balaban J connectivity index is 1.73. The zero-order valence-corrected chi connectivity index (χ0v) is 12.9. The minimum Gasteiger partial charge on any atom is -0.350 e. The van der Waals surface area contributed by atoms with Gasteiger partial charge in [0.05, 0.1) is 0 Å². The normalized spacial score (nSPS) is 24.8. The maximum absolute atomic E-state index is 4.55. The van der Waals surface area contributed by atoms with Crippen LogP contribution < -0.4 is 4.90 Å². The van der Waals surface area contributed by atoms with Gasteiger partial charge < -0.3 is 4.90 Å². The average molecular weight is 294 g/mol. The predicted molar refractivity (Wildman–Crippen MR) is 87.6 cm³/mol. The smallest absolute Gasteiger partial charge is 0.178 e. The van der Waals surface area contributed by atoms with Gasteiger partial charge in [-0.15, -0.1) is 10.2 Å². The molecule has 1 aliphatic heterocycles. The number of piperidine rings is 1. The Kier molecular flexibility index (Phi) is 3.75. The SMILES string of the molecule is c1ccc(-c2ncnnc2N2CCCC3CCCCC32)cc1. The summed E-state index contributed by atoms with van der Waals surface area (Å²) in [6, 6.07) is 11.0. The van der Waals surface area contributed by atoms with Crippen LogP contribution in [0.2, 0.25) is 0 Å². The van der Waals surface area contributed by atoms with Crippen molar-refractivity contribution in [2.75, 3.05) is 11.4 Å². The predicted octanol–water partition coefficient (Wildman–Crippen LogP) is 3.70. The molecule has 1 aliphatic carbocycles. The number of hydrogen-bond donors (Lipinski definition) is 0. The highest BCUT2D eigenvalue weighted by molar-refractivity contribution is 5.71. The van der Waals surface area contributed by atoms with E-state index >= 15 is 0 Å². The molecular weight excluding hydrogens is 272 g/mol. The van der Waals surface area contributed by atoms with Crippen LogP contribution in [0.1, 0.15) is 38.5 Å². The van der Waals surface area contributed by atoms with Crippen LogP contribution in [0.15, 0.2) is 36.7 Å². The standard InChI is InChI=1S/C18H22N4/c1-2-8-15(9-3-1)17-18(21-20-13-19-17)22-12-6-10-14-7-4-5-11-16(14)22/h1-3,8-9,13-14,16H,4-7,10-12H2. The minimum atomic E-state index is 0.628. The Morgan fingerprint density at radius 2 is 1.77 bits per heavy atom. The molecule has 1 saturated heterocycles. The summed E-state index contributed by atoms with van der Waals surface area (Å²) < 4.78 is 0. The van der Waals surface area contributed by atoms with Crippen molar-refractivity contribution in [1.82, 2.24) is 15.2 Å². The number of nitrogens with zero attached hydrogens (tertiary/aromatic N) is 4. The maximum Gasteiger partial charge on any atom is 0.178 e. The van der Waals surface area contributed by atoms with Gasteiger partial charge in [-0.1, -0.05) is 43.2 Å². The highest BCUT2D eigenvalue weighted by Gasteiger charge is 2.35. The molecule has 1 aromatic heterocycles. The number of anilines is 1. The summed E-state index contributed by atoms with van der Waals surface area (Å²) in [5, 5.41) is 8.56. The van der Waals surface area contributed by atoms with Crippen molar-refractivity contribution >= 4 is 5.82 Å². The summed E-state index contributed by atoms with van der Waals surface area (Å²) in [6.07, 6.45) is 9.58. The van der Waals surface area contributed by atoms with Crippen molar-refractivity contribution in [2.24, 2.45) is 5.92 Å². The van der Waals surface area contributed by atoms with E-state index in [2.05, 4.69) is 44.3 Å². The van der Waals surface area contributed by atoms with Gasteiger partial charge in [-0.05, 0) is 31.6 Å². The zero-order chi connectivity index (χ0) is 14.8. The molecule has 4 heteroatoms. The van der Waals surface area contributed by atoms with Crippen LogP contribution in [-0.2, 0) is 0 Å². The molecule has 4 rings (SSSR count). The van der Waals surface area contributed by atoms with E-state index in [1.807, 2.05) is 6.07 Å². The Hall–Kier alpha value is -1.97. The lowest BCUT2D eigenvalue weighted by Crippen LogP contribution is -2.47. The van der Waals surface area contributed by atoms with Crippen molar-refractivity contribution in [3.05, 3.63) is 36.7 Å². The summed E-state index contributed by atoms with van der Waals surface area (Å²) in [7, 11) is 0. The Morgan fingerprint density at radius 3 is 2.68 bits per heavy atom. The quantitative estimate of drug-likeness (QED) is 0.847. The Bertz CT molecular complexity index is 626. The van der Waals surface area contributed by atoms with Crippen LogP contribution in [0, 0.1) is 5.92 Å². The van der Waals surface area contributed by atoms with Gasteiger partial charge in [0, 0.05) is 18.2 Å². The zero-order valence-electron chi connectivity index (χ0n) is 12.9. The molecule has 1 aromatic carbocycles. The molecular formula is C18H22N4. The lowest BCUT2D eigenvalue weighted by atomic mass is 9.78. The molecule has 2 unspecified atom stereocenters. The van der Waals surface area contributed by atoms with Gasteiger partial charge in [0.1, 0.15) is 12.0 Å². The molecule has 0 N–H and O–H groups in total. The van der Waals surface area contributed by atoms with Crippen LogP contribution >= 0.6 is 0 Å². The molecule has 0 radical (unpaired) electrons. The Labute approximate surface area is 131 Å². The van der Waals surface area contributed by atoms with Crippen molar-refractivity contribution in [2.45, 2.75) is 44.6 Å². The third-order valence-electron chi connectivity index (χ3n) is 5.17. The topological polar surface area (TPSA) is 41.9 Å². The van der Waals surface area contributed by atoms with E-state index in [0.29, 0.717) is 6.04 Å². The molecule has 2 fully saturated rings. The summed E-state index contributed by atoms with van der Waals surface area (Å²) in [4.78, 5) is 7.04. The highest BCUT2D eigenvalue weighted by atomic mass is 15.3. The fourth-order valence-electron chi connectivity index (χ4n) is 4.15. The number of aromatic nitrogens is 3. The molecule has 4 nitrogen and oxygen atoms in total. The molecule has 0 spiro atoms. The van der Waals surface area contributed by atoms with Crippen molar-refractivity contribution < 1.29 is 0 Å². The molecule has 0 bridgehead atoms. The van der Waals surface area contributed by atoms with Crippen LogP contribution in [-0.4, -0.2) is 27.8 Å². The van der Waals surface area contributed by atoms with Gasteiger partial charge in [0.25, 0.3) is 0 Å². The summed E-state index contributed by atoms with van der Waals surface area (Å²) in [5.74, 6) is 1.80. The van der Waals surface area contributed by atoms with Gasteiger partial charge in [0.2, 0.25) is 0 Å². The van der Waals surface area contributed by atoms with E-state index in [1.54, 1.807) is 6.33 Å². The van der Waals surface area contributed by atoms with Crippen LogP contribution in [0.4, 0.5) is 5.82 Å². The van der Waals surface area contributed by atoms with Gasteiger partial charge in [0.15, 0.2) is 5.82 Å². The number of hydrogen-bond acceptors (Lipinski definition) is 4. The van der Waals surface area contributed by atoms with E-state index in [9.17, 15) is 0 Å². The largest absolute Gasteiger partial charge is 0.350 e. The number of fused-ring (bicyclic) bond motifs is 1. The lowest BCUT2D eigenvalue weighted by molar-refractivity contribution is 0.242. The van der Waals surface area contributed by atoms with Crippen molar-refractivity contribution in [3.8, 4) is 11.3 Å². The first-order valence-corrected chi connectivity index (χ1v) is 8.43. The second kappa shape index (κ2) is 6.03. The van der Waals surface area contributed by atoms with Crippen molar-refractivity contribution in [3.63, 3.8) is 0 Å². The van der Waals surface area contributed by atoms with E-state index in [-0.39, 0.29) is 0 Å². The lowest BCUT2D eigenvalue weighted by Gasteiger charge is -2.44. The number of benzene rings is 1. The molecule has 2 heterocycles. The second-order valence-electron chi connectivity index (χ2n) is 6.45. The van der Waals surface area contributed by atoms with Crippen LogP contribution in [0.3, 0.4) is 0 Å². The fourth-order valence-corrected chi connectivity index (χ4v) is 4.15. The average Bonchev–Trinajstić information content (AvgIpc) is 2.62. The number of rotatable bonds is 2.